The molecule has 2 N–H and O–H groups in total. The van der Waals surface area contributed by atoms with Gasteiger partial charge in [0, 0.05) is 16.5 Å². The molecular formula is C19H17NO. The lowest BCUT2D eigenvalue weighted by Crippen LogP contribution is -2.00. The summed E-state index contributed by atoms with van der Waals surface area (Å²) in [6.07, 6.45) is 1.94. The van der Waals surface area contributed by atoms with Crippen LogP contribution in [0.4, 0.5) is 0 Å². The Kier molecular flexibility index (Phi) is 2.90. The smallest absolute Gasteiger partial charge is 0.139 e. The molecule has 0 radical (unpaired) electrons. The normalized spacial score (nSPS) is 11.7. The second kappa shape index (κ2) is 4.90. The third-order valence-electron chi connectivity index (χ3n) is 4.12. The molecule has 2 heteroatoms. The molecular weight excluding hydrogens is 258 g/mol. The lowest BCUT2D eigenvalue weighted by Gasteiger charge is -2.06. The highest BCUT2D eigenvalue weighted by molar-refractivity contribution is 6.06. The number of nitrogens with two attached hydrogens (primary N) is 1. The molecule has 0 amide bonds. The van der Waals surface area contributed by atoms with Gasteiger partial charge in [-0.1, -0.05) is 42.5 Å². The van der Waals surface area contributed by atoms with Crippen LogP contribution in [0.25, 0.3) is 33.1 Å². The lowest BCUT2D eigenvalue weighted by molar-refractivity contribution is 0.613. The minimum absolute atomic E-state index is 0.703. The molecule has 2 aliphatic rings. The van der Waals surface area contributed by atoms with Gasteiger partial charge < -0.3 is 10.2 Å². The van der Waals surface area contributed by atoms with Crippen LogP contribution in [0.3, 0.4) is 0 Å². The molecule has 1 aliphatic carbocycles. The van der Waals surface area contributed by atoms with Crippen molar-refractivity contribution in [1.29, 1.82) is 0 Å². The summed E-state index contributed by atoms with van der Waals surface area (Å²) in [7, 11) is 0. The Hall–Kier alpha value is -2.32. The Morgan fingerprint density at radius 1 is 0.905 bits per heavy atom. The number of benzene rings is 2. The van der Waals surface area contributed by atoms with Gasteiger partial charge in [0.05, 0.1) is 0 Å². The number of hydrogen-bond acceptors (Lipinski definition) is 2. The Morgan fingerprint density at radius 2 is 1.67 bits per heavy atom. The van der Waals surface area contributed by atoms with E-state index >= 15 is 0 Å². The van der Waals surface area contributed by atoms with E-state index in [2.05, 4.69) is 36.4 Å². The second-order valence-electron chi connectivity index (χ2n) is 5.44. The maximum absolute atomic E-state index is 6.22. The van der Waals surface area contributed by atoms with Gasteiger partial charge in [-0.05, 0) is 42.3 Å². The van der Waals surface area contributed by atoms with Crippen molar-refractivity contribution in [3.05, 3.63) is 60.2 Å². The van der Waals surface area contributed by atoms with Crippen molar-refractivity contribution in [2.45, 2.75) is 12.8 Å². The highest BCUT2D eigenvalue weighted by atomic mass is 16.3. The SMILES string of the molecule is NCCCc1c2oc3ccccc3cc-2c2ccccc12. The summed E-state index contributed by atoms with van der Waals surface area (Å²) in [5, 5.41) is 3.71. The molecule has 0 bridgehead atoms. The van der Waals surface area contributed by atoms with Crippen LogP contribution in [0.5, 0.6) is 0 Å². The highest BCUT2D eigenvalue weighted by Crippen LogP contribution is 2.41. The van der Waals surface area contributed by atoms with Crippen LogP contribution in [0, 0.1) is 0 Å². The second-order valence-corrected chi connectivity index (χ2v) is 5.44. The molecule has 4 rings (SSSR count). The highest BCUT2D eigenvalue weighted by Gasteiger charge is 2.20. The molecule has 0 aromatic heterocycles. The Balaban J connectivity index is 2.10. The quantitative estimate of drug-likeness (QED) is 0.594. The zero-order valence-electron chi connectivity index (χ0n) is 11.8. The standard InChI is InChI=1S/C19H17NO/c20-11-5-9-16-14-7-2-3-8-15(14)17-12-13-6-1-4-10-18(13)21-19(16)17/h1-4,6-8,10,12H,5,9,11,20H2. The average molecular weight is 275 g/mol. The van der Waals surface area contributed by atoms with Crippen molar-refractivity contribution < 1.29 is 4.42 Å². The van der Waals surface area contributed by atoms with Crippen LogP contribution in [-0.4, -0.2) is 6.54 Å². The molecule has 21 heavy (non-hydrogen) atoms. The first-order chi connectivity index (χ1) is 10.4. The molecule has 1 heterocycles. The third kappa shape index (κ3) is 1.91. The van der Waals surface area contributed by atoms with Gasteiger partial charge in [0.1, 0.15) is 11.3 Å². The van der Waals surface area contributed by atoms with Crippen LogP contribution in [-0.2, 0) is 6.42 Å². The zero-order valence-corrected chi connectivity index (χ0v) is 11.8. The van der Waals surface area contributed by atoms with Crippen molar-refractivity contribution in [2.24, 2.45) is 5.73 Å². The van der Waals surface area contributed by atoms with E-state index in [0.717, 1.165) is 29.6 Å². The first kappa shape index (κ1) is 12.4. The van der Waals surface area contributed by atoms with Gasteiger partial charge in [0.25, 0.3) is 0 Å². The third-order valence-corrected chi connectivity index (χ3v) is 4.12. The van der Waals surface area contributed by atoms with Gasteiger partial charge in [0.15, 0.2) is 0 Å². The fraction of sp³-hybridized carbons (Fsp3) is 0.158. The molecule has 2 nitrogen and oxygen atoms in total. The Morgan fingerprint density at radius 3 is 2.52 bits per heavy atom. The van der Waals surface area contributed by atoms with Gasteiger partial charge in [-0.25, -0.2) is 0 Å². The van der Waals surface area contributed by atoms with E-state index in [9.17, 15) is 0 Å². The molecule has 0 fully saturated rings. The number of aryl methyl sites for hydroxylation is 1. The molecule has 0 unspecified atom stereocenters. The fourth-order valence-corrected chi connectivity index (χ4v) is 3.13. The molecule has 0 saturated heterocycles. The molecule has 0 saturated carbocycles. The van der Waals surface area contributed by atoms with E-state index in [-0.39, 0.29) is 0 Å². The van der Waals surface area contributed by atoms with Gasteiger partial charge in [-0.3, -0.25) is 0 Å². The van der Waals surface area contributed by atoms with E-state index in [1.165, 1.54) is 21.9 Å². The maximum Gasteiger partial charge on any atom is 0.139 e. The van der Waals surface area contributed by atoms with Gasteiger partial charge in [0.2, 0.25) is 0 Å². The van der Waals surface area contributed by atoms with Crippen LogP contribution in [0.2, 0.25) is 0 Å². The fourth-order valence-electron chi connectivity index (χ4n) is 3.13. The van der Waals surface area contributed by atoms with E-state index in [1.54, 1.807) is 0 Å². The molecule has 2 aromatic rings. The van der Waals surface area contributed by atoms with Crippen molar-refractivity contribution in [1.82, 2.24) is 0 Å². The van der Waals surface area contributed by atoms with Crippen molar-refractivity contribution in [3.8, 4) is 11.3 Å². The van der Waals surface area contributed by atoms with E-state index < -0.39 is 0 Å². The summed E-state index contributed by atoms with van der Waals surface area (Å²) in [5.41, 5.74) is 9.13. The van der Waals surface area contributed by atoms with Crippen LogP contribution >= 0.6 is 0 Å². The van der Waals surface area contributed by atoms with E-state index in [0.29, 0.717) is 6.54 Å². The van der Waals surface area contributed by atoms with E-state index in [4.69, 9.17) is 10.2 Å². The van der Waals surface area contributed by atoms with Crippen LogP contribution in [0.15, 0.2) is 59.0 Å². The summed E-state index contributed by atoms with van der Waals surface area (Å²) in [4.78, 5) is 0. The molecule has 1 aliphatic heterocycles. The van der Waals surface area contributed by atoms with Gasteiger partial charge in [-0.15, -0.1) is 0 Å². The minimum Gasteiger partial charge on any atom is -0.456 e. The lowest BCUT2D eigenvalue weighted by atomic mass is 10.1. The monoisotopic (exact) mass is 275 g/mol. The number of rotatable bonds is 3. The summed E-state index contributed by atoms with van der Waals surface area (Å²) in [6.45, 7) is 0.703. The molecule has 2 aromatic carbocycles. The topological polar surface area (TPSA) is 39.2 Å². The van der Waals surface area contributed by atoms with Crippen molar-refractivity contribution in [3.63, 3.8) is 0 Å². The molecule has 0 spiro atoms. The van der Waals surface area contributed by atoms with Crippen LogP contribution in [0.1, 0.15) is 12.0 Å². The van der Waals surface area contributed by atoms with Crippen LogP contribution < -0.4 is 5.73 Å². The predicted octanol–water partition coefficient (Wildman–Crippen LogP) is 4.58. The summed E-state index contributed by atoms with van der Waals surface area (Å²) < 4.78 is 6.22. The summed E-state index contributed by atoms with van der Waals surface area (Å²) >= 11 is 0. The van der Waals surface area contributed by atoms with Crippen molar-refractivity contribution in [2.75, 3.05) is 6.54 Å². The summed E-state index contributed by atoms with van der Waals surface area (Å²) in [6, 6.07) is 19.0. The zero-order chi connectivity index (χ0) is 14.2. The van der Waals surface area contributed by atoms with Gasteiger partial charge in [-0.2, -0.15) is 0 Å². The summed E-state index contributed by atoms with van der Waals surface area (Å²) in [5.74, 6) is 1.02. The van der Waals surface area contributed by atoms with Gasteiger partial charge >= 0.3 is 0 Å². The number of hydrogen-bond donors (Lipinski definition) is 1. The number of para-hydroxylation sites is 1. The maximum atomic E-state index is 6.22. The largest absolute Gasteiger partial charge is 0.456 e. The first-order valence-electron chi connectivity index (χ1n) is 7.40. The van der Waals surface area contributed by atoms with Crippen molar-refractivity contribution >= 4 is 21.7 Å². The molecule has 104 valence electrons. The number of fused-ring (bicyclic) bond motifs is 4. The minimum atomic E-state index is 0.703. The molecule has 0 atom stereocenters. The first-order valence-corrected chi connectivity index (χ1v) is 7.40. The Labute approximate surface area is 123 Å². The average Bonchev–Trinajstić information content (AvgIpc) is 2.84. The van der Waals surface area contributed by atoms with E-state index in [1.807, 2.05) is 18.2 Å². The predicted molar refractivity (Wildman–Crippen MR) is 87.7 cm³/mol. The Bertz CT molecular complexity index is 891.